The first-order chi connectivity index (χ1) is 14.2. The molecule has 0 bridgehead atoms. The number of pyridine rings is 1. The molecule has 0 saturated heterocycles. The van der Waals surface area contributed by atoms with Gasteiger partial charge in [0.2, 0.25) is 5.88 Å². The largest absolute Gasteiger partial charge is 0.488 e. The summed E-state index contributed by atoms with van der Waals surface area (Å²) in [5, 5.41) is 0. The summed E-state index contributed by atoms with van der Waals surface area (Å²) in [6, 6.07) is 3.34. The van der Waals surface area contributed by atoms with Gasteiger partial charge in [0.25, 0.3) is 5.95 Å². The molecular weight excluding hydrogens is 365 g/mol. The molecule has 0 amide bonds. The second-order valence-corrected chi connectivity index (χ2v) is 9.08. The molecule has 0 aromatic carbocycles. The van der Waals surface area contributed by atoms with E-state index in [1.54, 1.807) is 12.1 Å². The van der Waals surface area contributed by atoms with Crippen LogP contribution in [0.5, 0.6) is 11.6 Å². The Balaban J connectivity index is 1.21. The van der Waals surface area contributed by atoms with Crippen molar-refractivity contribution in [1.29, 1.82) is 0 Å². The molecule has 0 spiro atoms. The maximum Gasteiger partial charge on any atom is 0.258 e. The van der Waals surface area contributed by atoms with Gasteiger partial charge < -0.3 is 9.47 Å². The molecular formula is C25H34FNO2. The van der Waals surface area contributed by atoms with Gasteiger partial charge in [-0.2, -0.15) is 9.37 Å². The number of hydrogen-bond acceptors (Lipinski definition) is 3. The fourth-order valence-electron chi connectivity index (χ4n) is 4.80. The molecule has 4 heteroatoms. The normalized spacial score (nSPS) is 27.7. The molecule has 3 nitrogen and oxygen atoms in total. The van der Waals surface area contributed by atoms with E-state index in [1.165, 1.54) is 50.5 Å². The van der Waals surface area contributed by atoms with Crippen LogP contribution in [0.3, 0.4) is 0 Å². The average molecular weight is 400 g/mol. The van der Waals surface area contributed by atoms with Gasteiger partial charge >= 0.3 is 0 Å². The van der Waals surface area contributed by atoms with Crippen molar-refractivity contribution in [3.63, 3.8) is 0 Å². The molecule has 3 aliphatic carbocycles. The molecule has 4 rings (SSSR count). The predicted octanol–water partition coefficient (Wildman–Crippen LogP) is 6.50. The number of ether oxygens (including phenoxy) is 2. The third kappa shape index (κ3) is 5.83. The maximum absolute atomic E-state index is 14.1. The fraction of sp³-hybridized carbons (Fsp3) is 0.640. The van der Waals surface area contributed by atoms with Crippen LogP contribution >= 0.6 is 0 Å². The van der Waals surface area contributed by atoms with Crippen LogP contribution < -0.4 is 9.47 Å². The Labute approximate surface area is 174 Å². The van der Waals surface area contributed by atoms with E-state index in [9.17, 15) is 4.39 Å². The van der Waals surface area contributed by atoms with E-state index in [2.05, 4.69) is 30.1 Å². The summed E-state index contributed by atoms with van der Waals surface area (Å²) in [6.07, 6.45) is 18.3. The van der Waals surface area contributed by atoms with E-state index in [4.69, 9.17) is 9.47 Å². The van der Waals surface area contributed by atoms with Crippen LogP contribution in [0.4, 0.5) is 4.39 Å². The van der Waals surface area contributed by atoms with Crippen molar-refractivity contribution in [2.75, 3.05) is 13.2 Å². The third-order valence-corrected chi connectivity index (χ3v) is 6.86. The van der Waals surface area contributed by atoms with Gasteiger partial charge in [-0.1, -0.05) is 18.2 Å². The van der Waals surface area contributed by atoms with E-state index in [-0.39, 0.29) is 5.75 Å². The van der Waals surface area contributed by atoms with E-state index >= 15 is 0 Å². The minimum absolute atomic E-state index is 0.230. The molecule has 2 fully saturated rings. The summed E-state index contributed by atoms with van der Waals surface area (Å²) in [7, 11) is 0. The lowest BCUT2D eigenvalue weighted by molar-refractivity contribution is 0.206. The molecule has 0 N–H and O–H groups in total. The molecule has 29 heavy (non-hydrogen) atoms. The number of halogens is 1. The van der Waals surface area contributed by atoms with Gasteiger partial charge in [-0.15, -0.1) is 0 Å². The summed E-state index contributed by atoms with van der Waals surface area (Å²) < 4.78 is 25.3. The SMILES string of the molecule is C/C=C/C1CCC(C2CC=C(COc3ccc(OCC4CC4)c(F)n3)CC2)CC1. The van der Waals surface area contributed by atoms with Gasteiger partial charge in [-0.25, -0.2) is 0 Å². The summed E-state index contributed by atoms with van der Waals surface area (Å²) in [6.45, 7) is 3.22. The molecule has 1 heterocycles. The number of nitrogens with zero attached hydrogens (tertiary/aromatic N) is 1. The second kappa shape index (κ2) is 9.77. The van der Waals surface area contributed by atoms with Crippen LogP contribution in [-0.2, 0) is 0 Å². The van der Waals surface area contributed by atoms with E-state index in [0.717, 1.165) is 30.6 Å². The zero-order chi connectivity index (χ0) is 20.1. The van der Waals surface area contributed by atoms with E-state index in [0.29, 0.717) is 25.0 Å². The fourth-order valence-corrected chi connectivity index (χ4v) is 4.80. The van der Waals surface area contributed by atoms with Crippen LogP contribution in [0.2, 0.25) is 0 Å². The van der Waals surface area contributed by atoms with Crippen molar-refractivity contribution in [1.82, 2.24) is 4.98 Å². The molecule has 1 aromatic rings. The highest BCUT2D eigenvalue weighted by Gasteiger charge is 2.28. The molecule has 1 unspecified atom stereocenters. The van der Waals surface area contributed by atoms with Crippen LogP contribution in [0.1, 0.15) is 64.7 Å². The van der Waals surface area contributed by atoms with Crippen molar-refractivity contribution in [2.24, 2.45) is 23.7 Å². The summed E-state index contributed by atoms with van der Waals surface area (Å²) >= 11 is 0. The maximum atomic E-state index is 14.1. The first-order valence-corrected chi connectivity index (χ1v) is 11.4. The van der Waals surface area contributed by atoms with Gasteiger partial charge in [-0.05, 0) is 100 Å². The van der Waals surface area contributed by atoms with Gasteiger partial charge in [0.05, 0.1) is 6.61 Å². The first kappa shape index (κ1) is 20.4. The quantitative estimate of drug-likeness (QED) is 0.369. The molecule has 158 valence electrons. The molecule has 0 aliphatic heterocycles. The minimum Gasteiger partial charge on any atom is -0.488 e. The Morgan fingerprint density at radius 2 is 1.86 bits per heavy atom. The Hall–Kier alpha value is -1.84. The van der Waals surface area contributed by atoms with Crippen LogP contribution in [0, 0.1) is 29.6 Å². The van der Waals surface area contributed by atoms with Crippen LogP contribution in [0.25, 0.3) is 0 Å². The highest BCUT2D eigenvalue weighted by Crippen LogP contribution is 2.40. The topological polar surface area (TPSA) is 31.4 Å². The zero-order valence-electron chi connectivity index (χ0n) is 17.6. The summed E-state index contributed by atoms with van der Waals surface area (Å²) in [5.74, 6) is 3.10. The lowest BCUT2D eigenvalue weighted by Crippen LogP contribution is -2.23. The molecule has 3 aliphatic rings. The van der Waals surface area contributed by atoms with Crippen molar-refractivity contribution < 1.29 is 13.9 Å². The smallest absolute Gasteiger partial charge is 0.258 e. The number of aromatic nitrogens is 1. The lowest BCUT2D eigenvalue weighted by atomic mass is 9.71. The molecule has 0 radical (unpaired) electrons. The van der Waals surface area contributed by atoms with Crippen molar-refractivity contribution in [3.8, 4) is 11.6 Å². The van der Waals surface area contributed by atoms with E-state index < -0.39 is 5.95 Å². The van der Waals surface area contributed by atoms with Crippen molar-refractivity contribution in [2.45, 2.75) is 64.7 Å². The highest BCUT2D eigenvalue weighted by atomic mass is 19.1. The zero-order valence-corrected chi connectivity index (χ0v) is 17.6. The van der Waals surface area contributed by atoms with Crippen molar-refractivity contribution >= 4 is 0 Å². The lowest BCUT2D eigenvalue weighted by Gasteiger charge is -2.34. The second-order valence-electron chi connectivity index (χ2n) is 9.08. The van der Waals surface area contributed by atoms with Gasteiger partial charge in [0, 0.05) is 6.07 Å². The number of hydrogen-bond donors (Lipinski definition) is 0. The average Bonchev–Trinajstić information content (AvgIpc) is 3.57. The van der Waals surface area contributed by atoms with Gasteiger partial charge in [-0.3, -0.25) is 0 Å². The molecule has 1 atom stereocenters. The van der Waals surface area contributed by atoms with Gasteiger partial charge in [0.1, 0.15) is 6.61 Å². The standard InChI is InChI=1S/C25H34FNO2/c1-2-3-18-6-10-21(11-7-18)22-12-8-20(9-13-22)17-29-24-15-14-23(25(26)27-24)28-16-19-4-5-19/h2-3,8,14-15,18-19,21-22H,4-7,9-13,16-17H2,1H3/b3-2+. The van der Waals surface area contributed by atoms with Crippen LogP contribution in [-0.4, -0.2) is 18.2 Å². The first-order valence-electron chi connectivity index (χ1n) is 11.4. The summed E-state index contributed by atoms with van der Waals surface area (Å²) in [4.78, 5) is 3.92. The number of allylic oxidation sites excluding steroid dienone is 3. The molecule has 2 saturated carbocycles. The Morgan fingerprint density at radius 3 is 2.52 bits per heavy atom. The van der Waals surface area contributed by atoms with Crippen molar-refractivity contribution in [3.05, 3.63) is 41.9 Å². The summed E-state index contributed by atoms with van der Waals surface area (Å²) in [5.41, 5.74) is 1.32. The number of rotatable bonds is 8. The Kier molecular flexibility index (Phi) is 6.89. The third-order valence-electron chi connectivity index (χ3n) is 6.86. The predicted molar refractivity (Wildman–Crippen MR) is 114 cm³/mol. The Bertz CT molecular complexity index is 732. The highest BCUT2D eigenvalue weighted by molar-refractivity contribution is 5.25. The van der Waals surface area contributed by atoms with Gasteiger partial charge in [0.15, 0.2) is 5.75 Å². The monoisotopic (exact) mass is 399 g/mol. The Morgan fingerprint density at radius 1 is 1.03 bits per heavy atom. The van der Waals surface area contributed by atoms with Crippen LogP contribution in [0.15, 0.2) is 35.9 Å². The minimum atomic E-state index is -0.575. The molecule has 1 aromatic heterocycles. The van der Waals surface area contributed by atoms with E-state index in [1.807, 2.05) is 0 Å².